The molecule has 5 rings (SSSR count). The Balaban J connectivity index is 1.74. The molecule has 6 atom stereocenters. The molecule has 3 aliphatic rings. The number of ether oxygens (including phenoxy) is 5. The first kappa shape index (κ1) is 44.3. The number of nitro benzene ring substituents is 1. The number of hydrogen-bond donors (Lipinski definition) is 3. The van der Waals surface area contributed by atoms with Gasteiger partial charge >= 0.3 is 6.09 Å². The van der Waals surface area contributed by atoms with Crippen LogP contribution in [0.5, 0.6) is 17.2 Å². The molecule has 0 bridgehead atoms. The lowest BCUT2D eigenvalue weighted by molar-refractivity contribution is -0.384. The SMILES string of the molecule is C=CCOc1ccc2c(c1)[C@H]1[C@H](CCCCO)[C@@H](CCCCO)C=C3C(=NOCC)C[C@H](N(CCOCCO)C(=O)Oc4ccc([N+](=O)[O-])cc4)[C@@](OCC=C)(O2)[C@H]31. The molecule has 58 heavy (non-hydrogen) atoms. The standard InChI is InChI=1S/C43H57N3O12/c1-4-23-54-33-17-18-38-36(28-33)40-34(12-8-10-21-48)30(11-7-9-20-47)27-35-37(44-56-6-3)29-39(43(58-38,41(35)40)55-24-5-2)45(19-25-53-26-22-49)42(50)57-32-15-13-31(14-16-32)46(51)52/h4-5,13-18,27-28,30,34,39-41,47-49H,1-2,6-12,19-26,29H2,3H3/t30-,34+,39-,40+,41+,43+/m0/s1. The van der Waals surface area contributed by atoms with Crippen molar-refractivity contribution < 1.29 is 53.6 Å². The first-order chi connectivity index (χ1) is 28.3. The lowest BCUT2D eigenvalue weighted by Crippen LogP contribution is -2.70. The van der Waals surface area contributed by atoms with Gasteiger partial charge in [-0.15, -0.1) is 6.58 Å². The molecule has 2 aliphatic carbocycles. The van der Waals surface area contributed by atoms with E-state index in [4.69, 9.17) is 28.5 Å². The van der Waals surface area contributed by atoms with Crippen LogP contribution in [-0.4, -0.2) is 108 Å². The average Bonchev–Trinajstić information content (AvgIpc) is 3.23. The summed E-state index contributed by atoms with van der Waals surface area (Å²) < 4.78 is 31.8. The Morgan fingerprint density at radius 1 is 1.00 bits per heavy atom. The molecular formula is C43H57N3O12. The molecule has 0 unspecified atom stereocenters. The smallest absolute Gasteiger partial charge is 0.415 e. The van der Waals surface area contributed by atoms with Crippen LogP contribution in [0.2, 0.25) is 0 Å². The number of nitrogens with zero attached hydrogens (tertiary/aromatic N) is 3. The Labute approximate surface area is 339 Å². The van der Waals surface area contributed by atoms with Gasteiger partial charge in [-0.25, -0.2) is 4.79 Å². The molecule has 1 heterocycles. The molecule has 316 valence electrons. The van der Waals surface area contributed by atoms with E-state index in [0.717, 1.165) is 36.8 Å². The second-order valence-corrected chi connectivity index (χ2v) is 14.4. The second kappa shape index (κ2) is 21.8. The molecule has 2 aromatic rings. The first-order valence-electron chi connectivity index (χ1n) is 20.1. The highest BCUT2D eigenvalue weighted by atomic mass is 16.7. The molecule has 1 fully saturated rings. The number of nitro groups is 1. The van der Waals surface area contributed by atoms with Crippen LogP contribution in [0.1, 0.15) is 63.4 Å². The fourth-order valence-electron chi connectivity index (χ4n) is 8.53. The van der Waals surface area contributed by atoms with Gasteiger partial charge in [0.15, 0.2) is 0 Å². The van der Waals surface area contributed by atoms with Crippen molar-refractivity contribution in [2.45, 2.75) is 69.6 Å². The number of amides is 1. The number of fused-ring (bicyclic) bond motifs is 2. The highest BCUT2D eigenvalue weighted by molar-refractivity contribution is 6.03. The van der Waals surface area contributed by atoms with E-state index in [0.29, 0.717) is 43.3 Å². The van der Waals surface area contributed by atoms with Gasteiger partial charge in [-0.1, -0.05) is 42.8 Å². The minimum absolute atomic E-state index is 0.00324. The lowest BCUT2D eigenvalue weighted by atomic mass is 9.55. The van der Waals surface area contributed by atoms with E-state index in [1.807, 2.05) is 25.1 Å². The summed E-state index contributed by atoms with van der Waals surface area (Å²) in [6, 6.07) is 10.00. The number of carbonyl (C=O) groups excluding carboxylic acids is 1. The van der Waals surface area contributed by atoms with Crippen LogP contribution < -0.4 is 14.2 Å². The third-order valence-corrected chi connectivity index (χ3v) is 10.9. The number of aliphatic hydroxyl groups excluding tert-OH is 3. The van der Waals surface area contributed by atoms with E-state index >= 15 is 0 Å². The number of unbranched alkanes of at least 4 members (excludes halogenated alkanes) is 2. The Morgan fingerprint density at radius 3 is 2.40 bits per heavy atom. The highest BCUT2D eigenvalue weighted by Crippen LogP contribution is 2.62. The van der Waals surface area contributed by atoms with Gasteiger partial charge in [-0.3, -0.25) is 15.0 Å². The maximum absolute atomic E-state index is 14.6. The first-order valence-corrected chi connectivity index (χ1v) is 20.1. The third-order valence-electron chi connectivity index (χ3n) is 10.9. The highest BCUT2D eigenvalue weighted by Gasteiger charge is 2.65. The second-order valence-electron chi connectivity index (χ2n) is 14.4. The van der Waals surface area contributed by atoms with Gasteiger partial charge in [0.25, 0.3) is 5.69 Å². The summed E-state index contributed by atoms with van der Waals surface area (Å²) in [7, 11) is 0. The molecule has 1 amide bonds. The summed E-state index contributed by atoms with van der Waals surface area (Å²) in [5, 5.41) is 45.2. The summed E-state index contributed by atoms with van der Waals surface area (Å²) in [4.78, 5) is 32.6. The fraction of sp³-hybridized carbons (Fsp3) is 0.535. The summed E-state index contributed by atoms with van der Waals surface area (Å²) in [6.07, 6.45) is 9.25. The van der Waals surface area contributed by atoms with Crippen LogP contribution in [0.15, 0.2) is 84.6 Å². The molecule has 15 heteroatoms. The molecule has 3 N–H and O–H groups in total. The van der Waals surface area contributed by atoms with Crippen LogP contribution in [0.3, 0.4) is 0 Å². The minimum Gasteiger partial charge on any atom is -0.490 e. The summed E-state index contributed by atoms with van der Waals surface area (Å²) in [6.45, 7) is 10.2. The third kappa shape index (κ3) is 10.2. The molecule has 15 nitrogen and oxygen atoms in total. The van der Waals surface area contributed by atoms with E-state index < -0.39 is 28.8 Å². The Kier molecular flexibility index (Phi) is 16.7. The largest absolute Gasteiger partial charge is 0.490 e. The predicted molar refractivity (Wildman–Crippen MR) is 216 cm³/mol. The average molecular weight is 808 g/mol. The normalized spacial score (nSPS) is 23.8. The number of hydrogen-bond acceptors (Lipinski definition) is 13. The van der Waals surface area contributed by atoms with Crippen molar-refractivity contribution in [3.63, 3.8) is 0 Å². The van der Waals surface area contributed by atoms with Crippen LogP contribution in [0.4, 0.5) is 10.5 Å². The monoisotopic (exact) mass is 807 g/mol. The molecular weight excluding hydrogens is 750 g/mol. The quantitative estimate of drug-likeness (QED) is 0.0464. The maximum Gasteiger partial charge on any atom is 0.415 e. The zero-order chi connectivity index (χ0) is 41.5. The summed E-state index contributed by atoms with van der Waals surface area (Å²) in [5.41, 5.74) is 2.22. The fourth-order valence-corrected chi connectivity index (χ4v) is 8.53. The number of non-ortho nitro benzene ring substituents is 1. The van der Waals surface area contributed by atoms with E-state index in [-0.39, 0.29) is 81.8 Å². The zero-order valence-electron chi connectivity index (χ0n) is 33.2. The van der Waals surface area contributed by atoms with Gasteiger partial charge in [0.2, 0.25) is 5.79 Å². The topological polar surface area (TPSA) is 192 Å². The van der Waals surface area contributed by atoms with Gasteiger partial charge < -0.3 is 43.8 Å². The van der Waals surface area contributed by atoms with Gasteiger partial charge in [-0.05, 0) is 80.3 Å². The van der Waals surface area contributed by atoms with Crippen molar-refractivity contribution in [2.24, 2.45) is 22.9 Å². The Morgan fingerprint density at radius 2 is 1.72 bits per heavy atom. The molecule has 2 aromatic carbocycles. The van der Waals surface area contributed by atoms with Crippen LogP contribution in [-0.2, 0) is 14.3 Å². The number of benzene rings is 2. The van der Waals surface area contributed by atoms with Crippen molar-refractivity contribution in [2.75, 3.05) is 59.4 Å². The van der Waals surface area contributed by atoms with Crippen LogP contribution in [0.25, 0.3) is 0 Å². The van der Waals surface area contributed by atoms with Gasteiger partial charge in [0, 0.05) is 49.8 Å². The summed E-state index contributed by atoms with van der Waals surface area (Å²) in [5.74, 6) is -1.07. The maximum atomic E-state index is 14.6. The van der Waals surface area contributed by atoms with Crippen LogP contribution in [0, 0.1) is 27.9 Å². The van der Waals surface area contributed by atoms with E-state index in [1.54, 1.807) is 12.2 Å². The van der Waals surface area contributed by atoms with Crippen molar-refractivity contribution >= 4 is 17.5 Å². The minimum atomic E-state index is -1.55. The molecule has 0 spiro atoms. The van der Waals surface area contributed by atoms with Crippen LogP contribution >= 0.6 is 0 Å². The molecule has 0 aromatic heterocycles. The van der Waals surface area contributed by atoms with Crippen molar-refractivity contribution in [3.05, 3.63) is 95.1 Å². The van der Waals surface area contributed by atoms with Crippen molar-refractivity contribution in [3.8, 4) is 17.2 Å². The molecule has 1 saturated carbocycles. The van der Waals surface area contributed by atoms with Gasteiger partial charge in [0.05, 0.1) is 43.0 Å². The Bertz CT molecular complexity index is 1750. The number of oxime groups is 1. The number of carbonyl (C=O) groups is 1. The number of aliphatic hydroxyl groups is 3. The van der Waals surface area contributed by atoms with Crippen molar-refractivity contribution in [1.82, 2.24) is 4.90 Å². The zero-order valence-corrected chi connectivity index (χ0v) is 33.2. The molecule has 1 aliphatic heterocycles. The lowest BCUT2D eigenvalue weighted by Gasteiger charge is -2.59. The van der Waals surface area contributed by atoms with E-state index in [1.165, 1.54) is 29.2 Å². The van der Waals surface area contributed by atoms with Gasteiger partial charge in [-0.2, -0.15) is 0 Å². The Hall–Kier alpha value is -4.80. The summed E-state index contributed by atoms with van der Waals surface area (Å²) >= 11 is 0. The van der Waals surface area contributed by atoms with E-state index in [9.17, 15) is 30.2 Å². The van der Waals surface area contributed by atoms with E-state index in [2.05, 4.69) is 24.4 Å². The molecule has 0 radical (unpaired) electrons. The van der Waals surface area contributed by atoms with Crippen molar-refractivity contribution in [1.29, 1.82) is 0 Å². The number of allylic oxidation sites excluding steroid dienone is 1. The predicted octanol–water partition coefficient (Wildman–Crippen LogP) is 6.32. The van der Waals surface area contributed by atoms with Gasteiger partial charge in [0.1, 0.15) is 36.5 Å². The number of rotatable bonds is 24. The molecule has 0 saturated heterocycles.